The molecule has 0 spiro atoms. The zero-order chi connectivity index (χ0) is 15.2. The molecule has 1 aromatic carbocycles. The molecule has 1 heterocycles. The van der Waals surface area contributed by atoms with Crippen LogP contribution in [0.1, 0.15) is 25.3 Å². The second-order valence-corrected chi connectivity index (χ2v) is 6.94. The molecule has 0 fully saturated rings. The molecule has 0 radical (unpaired) electrons. The van der Waals surface area contributed by atoms with Gasteiger partial charge in [-0.1, -0.05) is 49.1 Å². The van der Waals surface area contributed by atoms with E-state index in [9.17, 15) is 4.79 Å². The van der Waals surface area contributed by atoms with Gasteiger partial charge in [-0.15, -0.1) is 10.2 Å². The third kappa shape index (κ3) is 4.71. The Bertz CT molecular complexity index is 595. The summed E-state index contributed by atoms with van der Waals surface area (Å²) in [6, 6.07) is 8.28. The van der Waals surface area contributed by atoms with Gasteiger partial charge in [0.05, 0.1) is 5.75 Å². The van der Waals surface area contributed by atoms with Gasteiger partial charge in [0.2, 0.25) is 11.0 Å². The molecule has 0 aliphatic rings. The van der Waals surface area contributed by atoms with Crippen molar-refractivity contribution in [2.75, 3.05) is 18.1 Å². The lowest BCUT2D eigenvalue weighted by Gasteiger charge is -2.06. The predicted molar refractivity (Wildman–Crippen MR) is 88.5 cm³/mol. The van der Waals surface area contributed by atoms with Gasteiger partial charge < -0.3 is 10.6 Å². The molecule has 0 aliphatic carbocycles. The van der Waals surface area contributed by atoms with Gasteiger partial charge in [-0.2, -0.15) is 0 Å². The molecule has 0 saturated heterocycles. The Morgan fingerprint density at radius 3 is 2.62 bits per heavy atom. The summed E-state index contributed by atoms with van der Waals surface area (Å²) in [5.41, 5.74) is 2.29. The smallest absolute Gasteiger partial charge is 0.230 e. The lowest BCUT2D eigenvalue weighted by molar-refractivity contribution is -0.118. The van der Waals surface area contributed by atoms with E-state index in [4.69, 9.17) is 0 Å². The number of carbonyl (C=O) groups is 1. The van der Waals surface area contributed by atoms with E-state index in [2.05, 4.69) is 46.8 Å². The van der Waals surface area contributed by atoms with E-state index in [1.165, 1.54) is 28.7 Å². The molecule has 0 unspecified atom stereocenters. The second kappa shape index (κ2) is 7.42. The van der Waals surface area contributed by atoms with Crippen molar-refractivity contribution in [3.63, 3.8) is 0 Å². The van der Waals surface area contributed by atoms with Crippen LogP contribution in [0.2, 0.25) is 0 Å². The van der Waals surface area contributed by atoms with Crippen molar-refractivity contribution in [1.29, 1.82) is 0 Å². The van der Waals surface area contributed by atoms with Crippen LogP contribution in [0.5, 0.6) is 0 Å². The summed E-state index contributed by atoms with van der Waals surface area (Å²) < 4.78 is 0.778. The van der Waals surface area contributed by atoms with Crippen LogP contribution in [-0.4, -0.2) is 28.9 Å². The standard InChI is InChI=1S/C14H18N4OS2/c1-9(2)10-4-6-11(7-5-10)16-13-17-18-14(21-13)20-8-12(19)15-3/h4-7,9H,8H2,1-3H3,(H,15,19)(H,16,17). The summed E-state index contributed by atoms with van der Waals surface area (Å²) in [6.45, 7) is 4.34. The monoisotopic (exact) mass is 322 g/mol. The first-order valence-corrected chi connectivity index (χ1v) is 8.42. The maximum absolute atomic E-state index is 11.2. The molecule has 0 aliphatic heterocycles. The maximum atomic E-state index is 11.2. The maximum Gasteiger partial charge on any atom is 0.230 e. The van der Waals surface area contributed by atoms with Crippen LogP contribution in [0.3, 0.4) is 0 Å². The van der Waals surface area contributed by atoms with Crippen molar-refractivity contribution in [2.45, 2.75) is 24.1 Å². The van der Waals surface area contributed by atoms with Gasteiger partial charge in [0.1, 0.15) is 0 Å². The molecule has 2 aromatic rings. The van der Waals surface area contributed by atoms with E-state index in [0.29, 0.717) is 11.7 Å². The third-order valence-electron chi connectivity index (χ3n) is 2.84. The van der Waals surface area contributed by atoms with Crippen molar-refractivity contribution in [1.82, 2.24) is 15.5 Å². The number of aromatic nitrogens is 2. The van der Waals surface area contributed by atoms with Gasteiger partial charge in [0.25, 0.3) is 0 Å². The number of anilines is 2. The Morgan fingerprint density at radius 2 is 2.00 bits per heavy atom. The van der Waals surface area contributed by atoms with E-state index < -0.39 is 0 Å². The fraction of sp³-hybridized carbons (Fsp3) is 0.357. The van der Waals surface area contributed by atoms with Crippen LogP contribution in [0.4, 0.5) is 10.8 Å². The Hall–Kier alpha value is -1.60. The first kappa shape index (κ1) is 15.8. The van der Waals surface area contributed by atoms with Crippen LogP contribution >= 0.6 is 23.1 Å². The molecule has 112 valence electrons. The summed E-state index contributed by atoms with van der Waals surface area (Å²) in [5.74, 6) is 0.857. The van der Waals surface area contributed by atoms with Gasteiger partial charge in [0.15, 0.2) is 4.34 Å². The average molecular weight is 322 g/mol. The number of hydrogen-bond acceptors (Lipinski definition) is 6. The number of carbonyl (C=O) groups excluding carboxylic acids is 1. The van der Waals surface area contributed by atoms with E-state index in [-0.39, 0.29) is 5.91 Å². The molecule has 0 atom stereocenters. The molecule has 2 rings (SSSR count). The van der Waals surface area contributed by atoms with Crippen molar-refractivity contribution in [3.05, 3.63) is 29.8 Å². The van der Waals surface area contributed by atoms with Crippen LogP contribution in [-0.2, 0) is 4.79 Å². The minimum atomic E-state index is -0.0195. The summed E-state index contributed by atoms with van der Waals surface area (Å²) in [6.07, 6.45) is 0. The van der Waals surface area contributed by atoms with Crippen molar-refractivity contribution >= 4 is 39.8 Å². The largest absolute Gasteiger partial charge is 0.358 e. The fourth-order valence-electron chi connectivity index (χ4n) is 1.59. The molecule has 21 heavy (non-hydrogen) atoms. The van der Waals surface area contributed by atoms with Crippen LogP contribution < -0.4 is 10.6 Å². The number of nitrogens with zero attached hydrogens (tertiary/aromatic N) is 2. The van der Waals surface area contributed by atoms with Gasteiger partial charge >= 0.3 is 0 Å². The molecular formula is C14H18N4OS2. The van der Waals surface area contributed by atoms with E-state index in [1.807, 2.05) is 12.1 Å². The number of rotatable bonds is 6. The van der Waals surface area contributed by atoms with Gasteiger partial charge in [0, 0.05) is 12.7 Å². The molecular weight excluding hydrogens is 304 g/mol. The normalized spacial score (nSPS) is 10.7. The van der Waals surface area contributed by atoms with Gasteiger partial charge in [-0.25, -0.2) is 0 Å². The highest BCUT2D eigenvalue weighted by atomic mass is 32.2. The lowest BCUT2D eigenvalue weighted by Crippen LogP contribution is -2.19. The fourth-order valence-corrected chi connectivity index (χ4v) is 3.24. The number of amides is 1. The summed E-state index contributed by atoms with van der Waals surface area (Å²) in [5, 5.41) is 14.7. The Kier molecular flexibility index (Phi) is 5.58. The molecule has 1 aromatic heterocycles. The minimum Gasteiger partial charge on any atom is -0.358 e. The third-order valence-corrected chi connectivity index (χ3v) is 4.81. The first-order chi connectivity index (χ1) is 10.1. The van der Waals surface area contributed by atoms with E-state index in [0.717, 1.165) is 15.2 Å². The van der Waals surface area contributed by atoms with E-state index in [1.54, 1.807) is 7.05 Å². The first-order valence-electron chi connectivity index (χ1n) is 6.62. The topological polar surface area (TPSA) is 66.9 Å². The minimum absolute atomic E-state index is 0.0195. The molecule has 1 amide bonds. The Balaban J connectivity index is 1.94. The zero-order valence-corrected chi connectivity index (χ0v) is 13.8. The SMILES string of the molecule is CNC(=O)CSc1nnc(Nc2ccc(C(C)C)cc2)s1. The molecule has 0 bridgehead atoms. The number of benzene rings is 1. The number of thioether (sulfide) groups is 1. The average Bonchev–Trinajstić information content (AvgIpc) is 2.93. The zero-order valence-electron chi connectivity index (χ0n) is 12.2. The molecule has 0 saturated carbocycles. The second-order valence-electron chi connectivity index (χ2n) is 4.74. The quantitative estimate of drug-likeness (QED) is 0.799. The highest BCUT2D eigenvalue weighted by Crippen LogP contribution is 2.28. The molecule has 7 heteroatoms. The highest BCUT2D eigenvalue weighted by molar-refractivity contribution is 8.01. The number of hydrogen-bond donors (Lipinski definition) is 2. The van der Waals surface area contributed by atoms with Crippen LogP contribution in [0.15, 0.2) is 28.6 Å². The van der Waals surface area contributed by atoms with Crippen LogP contribution in [0, 0.1) is 0 Å². The van der Waals surface area contributed by atoms with Gasteiger partial charge in [-0.05, 0) is 23.6 Å². The number of nitrogens with one attached hydrogen (secondary N) is 2. The molecule has 2 N–H and O–H groups in total. The Morgan fingerprint density at radius 1 is 1.29 bits per heavy atom. The van der Waals surface area contributed by atoms with Crippen molar-refractivity contribution in [2.24, 2.45) is 0 Å². The summed E-state index contributed by atoms with van der Waals surface area (Å²) in [7, 11) is 1.62. The summed E-state index contributed by atoms with van der Waals surface area (Å²) >= 11 is 2.82. The molecule has 5 nitrogen and oxygen atoms in total. The van der Waals surface area contributed by atoms with Crippen molar-refractivity contribution < 1.29 is 4.79 Å². The van der Waals surface area contributed by atoms with Crippen LogP contribution in [0.25, 0.3) is 0 Å². The van der Waals surface area contributed by atoms with Crippen molar-refractivity contribution in [3.8, 4) is 0 Å². The van der Waals surface area contributed by atoms with Gasteiger partial charge in [-0.3, -0.25) is 4.79 Å². The Labute approximate surface area is 132 Å². The summed E-state index contributed by atoms with van der Waals surface area (Å²) in [4.78, 5) is 11.2. The highest BCUT2D eigenvalue weighted by Gasteiger charge is 2.07. The predicted octanol–water partition coefficient (Wildman–Crippen LogP) is 3.24. The lowest BCUT2D eigenvalue weighted by atomic mass is 10.0. The van der Waals surface area contributed by atoms with E-state index >= 15 is 0 Å².